The lowest BCUT2D eigenvalue weighted by atomic mass is 10.1. The Kier molecular flexibility index (Phi) is 5.98. The fourth-order valence-electron chi connectivity index (χ4n) is 3.38. The molecule has 0 fully saturated rings. The Morgan fingerprint density at radius 2 is 1.74 bits per heavy atom. The zero-order chi connectivity index (χ0) is 21.6. The van der Waals surface area contributed by atoms with Crippen molar-refractivity contribution in [3.8, 4) is 11.5 Å². The Bertz CT molecular complexity index is 1210. The predicted octanol–water partition coefficient (Wildman–Crippen LogP) is 4.68. The quantitative estimate of drug-likeness (QED) is 0.461. The van der Waals surface area contributed by atoms with Gasteiger partial charge in [-0.25, -0.2) is 0 Å². The maximum Gasteiger partial charge on any atom is 0.255 e. The molecule has 2 N–H and O–H groups in total. The maximum absolute atomic E-state index is 12.9. The van der Waals surface area contributed by atoms with Gasteiger partial charge in [0.1, 0.15) is 11.5 Å². The zero-order valence-corrected chi connectivity index (χ0v) is 17.4. The third kappa shape index (κ3) is 4.43. The van der Waals surface area contributed by atoms with E-state index >= 15 is 0 Å². The second-order valence-corrected chi connectivity index (χ2v) is 6.95. The highest BCUT2D eigenvalue weighted by atomic mass is 16.5. The van der Waals surface area contributed by atoms with Crippen molar-refractivity contribution < 1.29 is 14.3 Å². The van der Waals surface area contributed by atoms with Gasteiger partial charge in [-0.3, -0.25) is 9.89 Å². The normalized spacial score (nSPS) is 11.0. The molecule has 0 unspecified atom stereocenters. The summed E-state index contributed by atoms with van der Waals surface area (Å²) in [5.74, 6) is 1.09. The number of hydrogen-bond acceptors (Lipinski definition) is 4. The molecule has 0 aliphatic heterocycles. The Hall–Kier alpha value is -4.06. The SMILES string of the molecule is COc1ccc(/C=C/c2n[nH]c3ccc(C(=O)NCc4ccccc4)c(OC)c23)cc1. The number of fused-ring (bicyclic) bond motifs is 1. The van der Waals surface area contributed by atoms with Crippen molar-refractivity contribution in [2.24, 2.45) is 0 Å². The van der Waals surface area contributed by atoms with Crippen molar-refractivity contribution in [1.29, 1.82) is 0 Å². The first-order valence-corrected chi connectivity index (χ1v) is 9.89. The molecule has 31 heavy (non-hydrogen) atoms. The van der Waals surface area contributed by atoms with Crippen LogP contribution in [0.2, 0.25) is 0 Å². The van der Waals surface area contributed by atoms with E-state index in [0.717, 1.165) is 27.8 Å². The predicted molar refractivity (Wildman–Crippen MR) is 122 cm³/mol. The van der Waals surface area contributed by atoms with Crippen LogP contribution in [-0.4, -0.2) is 30.3 Å². The number of aromatic nitrogens is 2. The Morgan fingerprint density at radius 3 is 2.45 bits per heavy atom. The molecule has 1 amide bonds. The zero-order valence-electron chi connectivity index (χ0n) is 17.4. The van der Waals surface area contributed by atoms with E-state index in [2.05, 4.69) is 15.5 Å². The van der Waals surface area contributed by atoms with Crippen LogP contribution >= 0.6 is 0 Å². The lowest BCUT2D eigenvalue weighted by Crippen LogP contribution is -2.23. The largest absolute Gasteiger partial charge is 0.497 e. The summed E-state index contributed by atoms with van der Waals surface area (Å²) >= 11 is 0. The van der Waals surface area contributed by atoms with Crippen molar-refractivity contribution >= 4 is 29.0 Å². The summed E-state index contributed by atoms with van der Waals surface area (Å²) in [5.41, 5.74) is 3.99. The monoisotopic (exact) mass is 413 g/mol. The minimum atomic E-state index is -0.200. The van der Waals surface area contributed by atoms with E-state index in [0.29, 0.717) is 23.6 Å². The molecule has 0 atom stereocenters. The number of rotatable bonds is 7. The van der Waals surface area contributed by atoms with Crippen molar-refractivity contribution in [3.63, 3.8) is 0 Å². The Morgan fingerprint density at radius 1 is 0.968 bits per heavy atom. The van der Waals surface area contributed by atoms with Gasteiger partial charge < -0.3 is 14.8 Å². The van der Waals surface area contributed by atoms with E-state index in [1.54, 1.807) is 20.3 Å². The fraction of sp³-hybridized carbons (Fsp3) is 0.120. The molecular formula is C25H23N3O3. The molecular weight excluding hydrogens is 390 g/mol. The Balaban J connectivity index is 1.62. The van der Waals surface area contributed by atoms with Crippen LogP contribution < -0.4 is 14.8 Å². The lowest BCUT2D eigenvalue weighted by molar-refractivity contribution is 0.0948. The number of amides is 1. The molecule has 4 aromatic rings. The number of nitrogens with one attached hydrogen (secondary N) is 2. The first kappa shape index (κ1) is 20.2. The first-order valence-electron chi connectivity index (χ1n) is 9.89. The summed E-state index contributed by atoms with van der Waals surface area (Å²) in [6, 6.07) is 21.1. The lowest BCUT2D eigenvalue weighted by Gasteiger charge is -2.11. The average molecular weight is 413 g/mol. The minimum Gasteiger partial charge on any atom is -0.497 e. The molecule has 1 aromatic heterocycles. The van der Waals surface area contributed by atoms with Gasteiger partial charge in [0.05, 0.1) is 36.4 Å². The molecule has 156 valence electrons. The number of H-pyrrole nitrogens is 1. The molecule has 0 saturated heterocycles. The molecule has 4 rings (SSSR count). The Labute approximate surface area is 180 Å². The van der Waals surface area contributed by atoms with E-state index < -0.39 is 0 Å². The van der Waals surface area contributed by atoms with Gasteiger partial charge in [0.15, 0.2) is 0 Å². The second kappa shape index (κ2) is 9.17. The van der Waals surface area contributed by atoms with Gasteiger partial charge in [-0.2, -0.15) is 5.10 Å². The van der Waals surface area contributed by atoms with Gasteiger partial charge in [-0.05, 0) is 41.5 Å². The summed E-state index contributed by atoms with van der Waals surface area (Å²) in [6.45, 7) is 0.441. The van der Waals surface area contributed by atoms with E-state index in [1.807, 2.05) is 72.8 Å². The van der Waals surface area contributed by atoms with Crippen LogP contribution in [0.4, 0.5) is 0 Å². The number of aromatic amines is 1. The summed E-state index contributed by atoms with van der Waals surface area (Å²) in [4.78, 5) is 12.9. The van der Waals surface area contributed by atoms with E-state index in [1.165, 1.54) is 0 Å². The highest BCUT2D eigenvalue weighted by Crippen LogP contribution is 2.32. The van der Waals surface area contributed by atoms with Crippen LogP contribution in [0, 0.1) is 0 Å². The van der Waals surface area contributed by atoms with Gasteiger partial charge in [0.2, 0.25) is 0 Å². The van der Waals surface area contributed by atoms with E-state index in [-0.39, 0.29) is 5.91 Å². The van der Waals surface area contributed by atoms with E-state index in [9.17, 15) is 4.79 Å². The van der Waals surface area contributed by atoms with Gasteiger partial charge in [0, 0.05) is 6.54 Å². The number of carbonyl (C=O) groups excluding carboxylic acids is 1. The van der Waals surface area contributed by atoms with Crippen molar-refractivity contribution in [2.45, 2.75) is 6.54 Å². The smallest absolute Gasteiger partial charge is 0.255 e. The number of benzene rings is 3. The van der Waals surface area contributed by atoms with Crippen LogP contribution in [0.15, 0.2) is 66.7 Å². The minimum absolute atomic E-state index is 0.200. The van der Waals surface area contributed by atoms with Gasteiger partial charge in [-0.15, -0.1) is 0 Å². The standard InChI is InChI=1S/C25H23N3O3/c1-30-19-11-8-17(9-12-19)10-14-21-23-22(28-27-21)15-13-20(24(23)31-2)25(29)26-16-18-6-4-3-5-7-18/h3-15H,16H2,1-2H3,(H,26,29)(H,27,28)/b14-10+. The number of nitrogens with zero attached hydrogens (tertiary/aromatic N) is 1. The van der Waals surface area contributed by atoms with Gasteiger partial charge >= 0.3 is 0 Å². The summed E-state index contributed by atoms with van der Waals surface area (Å²) in [6.07, 6.45) is 3.85. The molecule has 0 radical (unpaired) electrons. The van der Waals surface area contributed by atoms with Crippen LogP contribution in [0.3, 0.4) is 0 Å². The molecule has 0 spiro atoms. The summed E-state index contributed by atoms with van der Waals surface area (Å²) < 4.78 is 10.8. The van der Waals surface area contributed by atoms with Crippen LogP contribution in [0.5, 0.6) is 11.5 Å². The number of hydrogen-bond donors (Lipinski definition) is 2. The molecule has 0 bridgehead atoms. The molecule has 0 saturated carbocycles. The highest BCUT2D eigenvalue weighted by Gasteiger charge is 2.18. The average Bonchev–Trinajstić information content (AvgIpc) is 3.24. The highest BCUT2D eigenvalue weighted by molar-refractivity contribution is 6.05. The molecule has 0 aliphatic rings. The molecule has 0 aliphatic carbocycles. The van der Waals surface area contributed by atoms with Crippen LogP contribution in [0.25, 0.3) is 23.1 Å². The number of methoxy groups -OCH3 is 2. The van der Waals surface area contributed by atoms with Gasteiger partial charge in [0.25, 0.3) is 5.91 Å². The molecule has 6 nitrogen and oxygen atoms in total. The number of ether oxygens (including phenoxy) is 2. The van der Waals surface area contributed by atoms with Crippen molar-refractivity contribution in [3.05, 3.63) is 89.1 Å². The fourth-order valence-corrected chi connectivity index (χ4v) is 3.38. The van der Waals surface area contributed by atoms with Crippen molar-refractivity contribution in [2.75, 3.05) is 14.2 Å². The molecule has 1 heterocycles. The van der Waals surface area contributed by atoms with Gasteiger partial charge in [-0.1, -0.05) is 48.5 Å². The first-order chi connectivity index (χ1) is 15.2. The van der Waals surface area contributed by atoms with Crippen LogP contribution in [-0.2, 0) is 6.54 Å². The molecule has 3 aromatic carbocycles. The van der Waals surface area contributed by atoms with Crippen LogP contribution in [0.1, 0.15) is 27.2 Å². The molecule has 6 heteroatoms. The summed E-state index contributed by atoms with van der Waals surface area (Å²) in [7, 11) is 3.20. The number of carbonyl (C=O) groups is 1. The second-order valence-electron chi connectivity index (χ2n) is 6.95. The maximum atomic E-state index is 12.9. The van der Waals surface area contributed by atoms with E-state index in [4.69, 9.17) is 9.47 Å². The topological polar surface area (TPSA) is 76.2 Å². The summed E-state index contributed by atoms with van der Waals surface area (Å²) in [5, 5.41) is 11.1. The van der Waals surface area contributed by atoms with Crippen molar-refractivity contribution in [1.82, 2.24) is 15.5 Å². The third-order valence-corrected chi connectivity index (χ3v) is 5.00. The third-order valence-electron chi connectivity index (χ3n) is 5.00.